The number of anilines is 1. The highest BCUT2D eigenvalue weighted by molar-refractivity contribution is 7.91. The number of benzene rings is 1. The minimum absolute atomic E-state index is 0.173. The molecule has 1 aromatic carbocycles. The first-order valence-electron chi connectivity index (χ1n) is 7.09. The molecule has 5 heteroatoms. The van der Waals surface area contributed by atoms with Crippen LogP contribution in [0.1, 0.15) is 19.0 Å². The van der Waals surface area contributed by atoms with Crippen molar-refractivity contribution < 1.29 is 8.42 Å². The lowest BCUT2D eigenvalue weighted by atomic mass is 10.2. The number of hydrogen-bond acceptors (Lipinski definition) is 4. The number of pyridine rings is 1. The van der Waals surface area contributed by atoms with Gasteiger partial charge in [0.25, 0.3) is 0 Å². The van der Waals surface area contributed by atoms with Crippen molar-refractivity contribution in [3.63, 3.8) is 0 Å². The quantitative estimate of drug-likeness (QED) is 0.854. The van der Waals surface area contributed by atoms with Gasteiger partial charge in [0.2, 0.25) is 0 Å². The van der Waals surface area contributed by atoms with Gasteiger partial charge in [0, 0.05) is 24.9 Å². The van der Waals surface area contributed by atoms with E-state index in [0.29, 0.717) is 23.5 Å². The standard InChI is InChI=1S/C16H20N2O2S/c1-2-13-21(19,20)16-9-4-3-8-15(16)18-12-10-14-7-5-6-11-17-14/h3-9,11,18H,2,10,12-13H2,1H3. The zero-order valence-electron chi connectivity index (χ0n) is 12.1. The van der Waals surface area contributed by atoms with Gasteiger partial charge in [0.1, 0.15) is 0 Å². The lowest BCUT2D eigenvalue weighted by Crippen LogP contribution is -2.12. The van der Waals surface area contributed by atoms with Crippen LogP contribution >= 0.6 is 0 Å². The second-order valence-corrected chi connectivity index (χ2v) is 6.89. The summed E-state index contributed by atoms with van der Waals surface area (Å²) in [6.45, 7) is 2.52. The predicted octanol–water partition coefficient (Wildman–Crippen LogP) is 2.92. The van der Waals surface area contributed by atoms with Crippen LogP contribution in [-0.2, 0) is 16.3 Å². The van der Waals surface area contributed by atoms with Gasteiger partial charge in [0.05, 0.1) is 16.3 Å². The number of hydrogen-bond donors (Lipinski definition) is 1. The molecule has 21 heavy (non-hydrogen) atoms. The van der Waals surface area contributed by atoms with Gasteiger partial charge in [-0.3, -0.25) is 4.98 Å². The summed E-state index contributed by atoms with van der Waals surface area (Å²) < 4.78 is 24.5. The summed E-state index contributed by atoms with van der Waals surface area (Å²) in [6.07, 6.45) is 3.13. The van der Waals surface area contributed by atoms with E-state index in [2.05, 4.69) is 10.3 Å². The van der Waals surface area contributed by atoms with Gasteiger partial charge in [-0.05, 0) is 30.7 Å². The van der Waals surface area contributed by atoms with Crippen LogP contribution in [-0.4, -0.2) is 25.7 Å². The molecule has 1 aromatic heterocycles. The van der Waals surface area contributed by atoms with Crippen molar-refractivity contribution in [3.05, 3.63) is 54.4 Å². The number of nitrogens with zero attached hydrogens (tertiary/aromatic N) is 1. The molecule has 0 aliphatic rings. The van der Waals surface area contributed by atoms with Gasteiger partial charge in [-0.15, -0.1) is 0 Å². The summed E-state index contributed by atoms with van der Waals surface area (Å²) in [4.78, 5) is 4.63. The Balaban J connectivity index is 2.07. The van der Waals surface area contributed by atoms with Crippen molar-refractivity contribution in [1.82, 2.24) is 4.98 Å². The third-order valence-corrected chi connectivity index (χ3v) is 5.09. The van der Waals surface area contributed by atoms with Crippen LogP contribution in [0.4, 0.5) is 5.69 Å². The summed E-state index contributed by atoms with van der Waals surface area (Å²) in [5.41, 5.74) is 1.65. The van der Waals surface area contributed by atoms with Crippen LogP contribution in [0, 0.1) is 0 Å². The van der Waals surface area contributed by atoms with Crippen molar-refractivity contribution in [2.75, 3.05) is 17.6 Å². The Morgan fingerprint density at radius 2 is 1.86 bits per heavy atom. The molecule has 4 nitrogen and oxygen atoms in total. The highest BCUT2D eigenvalue weighted by atomic mass is 32.2. The van der Waals surface area contributed by atoms with Crippen LogP contribution in [0.3, 0.4) is 0 Å². The van der Waals surface area contributed by atoms with Crippen molar-refractivity contribution >= 4 is 15.5 Å². The van der Waals surface area contributed by atoms with E-state index in [-0.39, 0.29) is 5.75 Å². The van der Waals surface area contributed by atoms with Gasteiger partial charge in [-0.1, -0.05) is 25.1 Å². The van der Waals surface area contributed by atoms with E-state index in [4.69, 9.17) is 0 Å². The molecule has 0 fully saturated rings. The average Bonchev–Trinajstić information content (AvgIpc) is 2.49. The first-order valence-corrected chi connectivity index (χ1v) is 8.74. The Hall–Kier alpha value is -1.88. The van der Waals surface area contributed by atoms with E-state index in [9.17, 15) is 8.42 Å². The Morgan fingerprint density at radius 3 is 2.57 bits per heavy atom. The van der Waals surface area contributed by atoms with Crippen LogP contribution in [0.2, 0.25) is 0 Å². The SMILES string of the molecule is CCCS(=O)(=O)c1ccccc1NCCc1ccccn1. The highest BCUT2D eigenvalue weighted by Crippen LogP contribution is 2.22. The number of para-hydroxylation sites is 1. The number of nitrogens with one attached hydrogen (secondary N) is 1. The van der Waals surface area contributed by atoms with Gasteiger partial charge >= 0.3 is 0 Å². The molecule has 1 N–H and O–H groups in total. The maximum atomic E-state index is 12.2. The van der Waals surface area contributed by atoms with Crippen LogP contribution < -0.4 is 5.32 Å². The van der Waals surface area contributed by atoms with E-state index >= 15 is 0 Å². The summed E-state index contributed by atoms with van der Waals surface area (Å²) in [5.74, 6) is 0.173. The number of aromatic nitrogens is 1. The summed E-state index contributed by atoms with van der Waals surface area (Å²) in [6, 6.07) is 12.8. The monoisotopic (exact) mass is 304 g/mol. The van der Waals surface area contributed by atoms with Gasteiger partial charge in [0.15, 0.2) is 9.84 Å². The summed E-state index contributed by atoms with van der Waals surface area (Å²) >= 11 is 0. The first kappa shape index (κ1) is 15.5. The second kappa shape index (κ2) is 7.22. The molecule has 1 heterocycles. The molecule has 0 unspecified atom stereocenters. The minimum atomic E-state index is -3.21. The van der Waals surface area contributed by atoms with E-state index in [0.717, 1.165) is 12.1 Å². The topological polar surface area (TPSA) is 59.1 Å². The van der Waals surface area contributed by atoms with Crippen LogP contribution in [0.15, 0.2) is 53.6 Å². The molecule has 0 saturated heterocycles. The third kappa shape index (κ3) is 4.29. The smallest absolute Gasteiger partial charge is 0.180 e. The van der Waals surface area contributed by atoms with Crippen molar-refractivity contribution in [1.29, 1.82) is 0 Å². The molecule has 0 atom stereocenters. The van der Waals surface area contributed by atoms with E-state index < -0.39 is 9.84 Å². The fraction of sp³-hybridized carbons (Fsp3) is 0.312. The summed E-state index contributed by atoms with van der Waals surface area (Å²) in [5, 5.41) is 3.21. The molecule has 0 bridgehead atoms. The molecule has 0 radical (unpaired) electrons. The zero-order chi connectivity index (χ0) is 15.1. The fourth-order valence-electron chi connectivity index (χ4n) is 2.13. The molecule has 0 spiro atoms. The van der Waals surface area contributed by atoms with E-state index in [1.54, 1.807) is 24.4 Å². The molecule has 0 amide bonds. The van der Waals surface area contributed by atoms with Crippen molar-refractivity contribution in [2.45, 2.75) is 24.7 Å². The first-order chi connectivity index (χ1) is 10.1. The fourth-order valence-corrected chi connectivity index (χ4v) is 3.65. The lowest BCUT2D eigenvalue weighted by Gasteiger charge is -2.12. The zero-order valence-corrected chi connectivity index (χ0v) is 12.9. The van der Waals surface area contributed by atoms with E-state index in [1.165, 1.54) is 0 Å². The Bertz CT molecular complexity index is 670. The van der Waals surface area contributed by atoms with Gasteiger partial charge in [-0.2, -0.15) is 0 Å². The maximum absolute atomic E-state index is 12.2. The Morgan fingerprint density at radius 1 is 1.10 bits per heavy atom. The minimum Gasteiger partial charge on any atom is -0.384 e. The number of sulfone groups is 1. The molecular weight excluding hydrogens is 284 g/mol. The van der Waals surface area contributed by atoms with Gasteiger partial charge in [-0.25, -0.2) is 8.42 Å². The molecular formula is C16H20N2O2S. The Kier molecular flexibility index (Phi) is 5.33. The van der Waals surface area contributed by atoms with Crippen LogP contribution in [0.5, 0.6) is 0 Å². The Labute approximate surface area is 126 Å². The third-order valence-electron chi connectivity index (χ3n) is 3.12. The molecule has 112 valence electrons. The molecule has 0 aliphatic heterocycles. The highest BCUT2D eigenvalue weighted by Gasteiger charge is 2.16. The predicted molar refractivity (Wildman–Crippen MR) is 85.2 cm³/mol. The molecule has 0 aliphatic carbocycles. The van der Waals surface area contributed by atoms with Crippen molar-refractivity contribution in [3.8, 4) is 0 Å². The largest absolute Gasteiger partial charge is 0.384 e. The lowest BCUT2D eigenvalue weighted by molar-refractivity contribution is 0.595. The number of rotatable bonds is 7. The van der Waals surface area contributed by atoms with Gasteiger partial charge < -0.3 is 5.32 Å². The van der Waals surface area contributed by atoms with Crippen molar-refractivity contribution in [2.24, 2.45) is 0 Å². The maximum Gasteiger partial charge on any atom is 0.180 e. The average molecular weight is 304 g/mol. The second-order valence-electron chi connectivity index (χ2n) is 4.81. The van der Waals surface area contributed by atoms with Crippen LogP contribution in [0.25, 0.3) is 0 Å². The molecule has 2 aromatic rings. The molecule has 2 rings (SSSR count). The summed E-state index contributed by atoms with van der Waals surface area (Å²) in [7, 11) is -3.21. The molecule has 0 saturated carbocycles. The normalized spacial score (nSPS) is 11.3. The van der Waals surface area contributed by atoms with E-state index in [1.807, 2.05) is 31.2 Å².